The topological polar surface area (TPSA) is 59.5 Å². The van der Waals surface area contributed by atoms with E-state index in [-0.39, 0.29) is 18.7 Å². The number of hydrogen-bond acceptors (Lipinski definition) is 4. The molecule has 0 aliphatic rings. The summed E-state index contributed by atoms with van der Waals surface area (Å²) in [6.45, 7) is 0.0915. The second kappa shape index (κ2) is 6.36. The molecule has 110 valence electrons. The van der Waals surface area contributed by atoms with Crippen LogP contribution >= 0.6 is 0 Å². The van der Waals surface area contributed by atoms with Crippen molar-refractivity contribution >= 4 is 11.9 Å². The molecule has 0 saturated heterocycles. The number of amides is 1. The molecule has 1 aromatic heterocycles. The maximum Gasteiger partial charge on any atom is 0.417 e. The molecular weight excluding hydrogens is 277 g/mol. The normalized spacial score (nSPS) is 11.1. The quantitative estimate of drug-likeness (QED) is 0.792. The Kier molecular flexibility index (Phi) is 5.06. The second-order valence-electron chi connectivity index (χ2n) is 3.98. The van der Waals surface area contributed by atoms with E-state index < -0.39 is 23.6 Å². The third kappa shape index (κ3) is 4.22. The molecular formula is C12H13F3N2O3. The molecule has 0 bridgehead atoms. The summed E-state index contributed by atoms with van der Waals surface area (Å²) in [4.78, 5) is 27.4. The van der Waals surface area contributed by atoms with Crippen molar-refractivity contribution in [2.75, 3.05) is 20.7 Å². The van der Waals surface area contributed by atoms with E-state index >= 15 is 0 Å². The number of hydrogen-bond donors (Lipinski definition) is 0. The number of aromatic nitrogens is 1. The molecule has 0 N–H and O–H groups in total. The van der Waals surface area contributed by atoms with Crippen molar-refractivity contribution in [1.29, 1.82) is 0 Å². The van der Waals surface area contributed by atoms with Gasteiger partial charge < -0.3 is 9.64 Å². The maximum atomic E-state index is 12.3. The summed E-state index contributed by atoms with van der Waals surface area (Å²) in [7, 11) is 2.65. The van der Waals surface area contributed by atoms with Gasteiger partial charge in [-0.2, -0.15) is 13.2 Å². The van der Waals surface area contributed by atoms with Gasteiger partial charge in [0.05, 0.1) is 19.1 Å². The Morgan fingerprint density at radius 1 is 1.35 bits per heavy atom. The highest BCUT2D eigenvalue weighted by atomic mass is 19.4. The van der Waals surface area contributed by atoms with Gasteiger partial charge in [-0.1, -0.05) is 0 Å². The van der Waals surface area contributed by atoms with Crippen LogP contribution in [0.15, 0.2) is 18.3 Å². The molecule has 1 aromatic rings. The first-order valence-electron chi connectivity index (χ1n) is 5.61. The van der Waals surface area contributed by atoms with Crippen molar-refractivity contribution in [3.63, 3.8) is 0 Å². The fourth-order valence-electron chi connectivity index (χ4n) is 1.35. The van der Waals surface area contributed by atoms with Crippen molar-refractivity contribution in [3.8, 4) is 0 Å². The minimum atomic E-state index is -4.49. The second-order valence-corrected chi connectivity index (χ2v) is 3.98. The standard InChI is InChI=1S/C12H13F3N2O3/c1-17(6-5-10(18)20-2)11(19)9-4-3-8(7-16-9)12(13,14)15/h3-4,7H,5-6H2,1-2H3. The Balaban J connectivity index is 2.70. The van der Waals surface area contributed by atoms with E-state index in [0.29, 0.717) is 6.20 Å². The van der Waals surface area contributed by atoms with Crippen LogP contribution in [-0.2, 0) is 15.7 Å². The molecule has 0 radical (unpaired) electrons. The van der Waals surface area contributed by atoms with Gasteiger partial charge in [0, 0.05) is 19.8 Å². The lowest BCUT2D eigenvalue weighted by molar-refractivity contribution is -0.141. The van der Waals surface area contributed by atoms with Crippen molar-refractivity contribution in [2.24, 2.45) is 0 Å². The Labute approximate surface area is 113 Å². The SMILES string of the molecule is COC(=O)CCN(C)C(=O)c1ccc(C(F)(F)F)cn1. The molecule has 0 fully saturated rings. The van der Waals surface area contributed by atoms with Gasteiger partial charge in [-0.05, 0) is 12.1 Å². The average molecular weight is 290 g/mol. The van der Waals surface area contributed by atoms with Crippen LogP contribution in [0.2, 0.25) is 0 Å². The lowest BCUT2D eigenvalue weighted by Gasteiger charge is -2.16. The van der Waals surface area contributed by atoms with Crippen LogP contribution < -0.4 is 0 Å². The molecule has 0 aliphatic heterocycles. The average Bonchev–Trinajstić information content (AvgIpc) is 2.42. The van der Waals surface area contributed by atoms with E-state index in [9.17, 15) is 22.8 Å². The number of ether oxygens (including phenoxy) is 1. The first-order chi connectivity index (χ1) is 9.25. The zero-order valence-electron chi connectivity index (χ0n) is 10.9. The number of alkyl halides is 3. The van der Waals surface area contributed by atoms with Crippen LogP contribution in [-0.4, -0.2) is 42.5 Å². The van der Waals surface area contributed by atoms with Crippen molar-refractivity contribution in [3.05, 3.63) is 29.6 Å². The molecule has 0 aromatic carbocycles. The van der Waals surface area contributed by atoms with Gasteiger partial charge in [-0.15, -0.1) is 0 Å². The molecule has 1 amide bonds. The van der Waals surface area contributed by atoms with E-state index in [1.54, 1.807) is 0 Å². The number of pyridine rings is 1. The highest BCUT2D eigenvalue weighted by molar-refractivity contribution is 5.92. The summed E-state index contributed by atoms with van der Waals surface area (Å²) in [5, 5.41) is 0. The van der Waals surface area contributed by atoms with Crippen LogP contribution in [0.3, 0.4) is 0 Å². The summed E-state index contributed by atoms with van der Waals surface area (Å²) in [5.74, 6) is -1.05. The van der Waals surface area contributed by atoms with Gasteiger partial charge in [-0.3, -0.25) is 14.6 Å². The summed E-state index contributed by atoms with van der Waals surface area (Å²) in [6.07, 6.45) is -3.90. The van der Waals surface area contributed by atoms with Gasteiger partial charge in [0.15, 0.2) is 0 Å². The summed E-state index contributed by atoms with van der Waals surface area (Å²) in [5.41, 5.74) is -1.04. The maximum absolute atomic E-state index is 12.3. The molecule has 20 heavy (non-hydrogen) atoms. The van der Waals surface area contributed by atoms with Crippen LogP contribution in [0, 0.1) is 0 Å². The highest BCUT2D eigenvalue weighted by Gasteiger charge is 2.31. The largest absolute Gasteiger partial charge is 0.469 e. The van der Waals surface area contributed by atoms with Gasteiger partial charge in [0.1, 0.15) is 5.69 Å². The number of nitrogens with zero attached hydrogens (tertiary/aromatic N) is 2. The smallest absolute Gasteiger partial charge is 0.417 e. The molecule has 8 heteroatoms. The Bertz CT molecular complexity index is 486. The first kappa shape index (κ1) is 15.9. The number of carbonyl (C=O) groups excluding carboxylic acids is 2. The molecule has 5 nitrogen and oxygen atoms in total. The molecule has 0 unspecified atom stereocenters. The van der Waals surface area contributed by atoms with Gasteiger partial charge >= 0.3 is 12.1 Å². The van der Waals surface area contributed by atoms with Gasteiger partial charge in [0.25, 0.3) is 5.91 Å². The molecule has 1 rings (SSSR count). The molecule has 0 spiro atoms. The van der Waals surface area contributed by atoms with Crippen LogP contribution in [0.4, 0.5) is 13.2 Å². The molecule has 0 saturated carbocycles. The third-order valence-corrected chi connectivity index (χ3v) is 2.54. The number of esters is 1. The van der Waals surface area contributed by atoms with E-state index in [2.05, 4.69) is 9.72 Å². The number of halogens is 3. The van der Waals surface area contributed by atoms with Crippen molar-refractivity contribution < 1.29 is 27.5 Å². The van der Waals surface area contributed by atoms with Crippen molar-refractivity contribution in [2.45, 2.75) is 12.6 Å². The summed E-state index contributed by atoms with van der Waals surface area (Å²) in [6, 6.07) is 1.79. The minimum Gasteiger partial charge on any atom is -0.469 e. The molecule has 0 atom stereocenters. The Morgan fingerprint density at radius 3 is 2.45 bits per heavy atom. The minimum absolute atomic E-state index is 0.000620. The van der Waals surface area contributed by atoms with Crippen molar-refractivity contribution in [1.82, 2.24) is 9.88 Å². The molecule has 1 heterocycles. The van der Waals surface area contributed by atoms with Gasteiger partial charge in [0.2, 0.25) is 0 Å². The highest BCUT2D eigenvalue weighted by Crippen LogP contribution is 2.28. The number of methoxy groups -OCH3 is 1. The monoisotopic (exact) mass is 290 g/mol. The fourth-order valence-corrected chi connectivity index (χ4v) is 1.35. The fraction of sp³-hybridized carbons (Fsp3) is 0.417. The van der Waals surface area contributed by atoms with E-state index in [4.69, 9.17) is 0 Å². The lowest BCUT2D eigenvalue weighted by atomic mass is 10.2. The van der Waals surface area contributed by atoms with Gasteiger partial charge in [-0.25, -0.2) is 0 Å². The predicted octanol–water partition coefficient (Wildman–Crippen LogP) is 1.74. The Hall–Kier alpha value is -2.12. The van der Waals surface area contributed by atoms with E-state index in [1.165, 1.54) is 19.1 Å². The first-order valence-corrected chi connectivity index (χ1v) is 5.61. The zero-order chi connectivity index (χ0) is 15.3. The predicted molar refractivity (Wildman–Crippen MR) is 62.8 cm³/mol. The Morgan fingerprint density at radius 2 is 2.00 bits per heavy atom. The number of carbonyl (C=O) groups is 2. The van der Waals surface area contributed by atoms with E-state index in [0.717, 1.165) is 12.1 Å². The van der Waals surface area contributed by atoms with E-state index in [1.807, 2.05) is 0 Å². The van der Waals surface area contributed by atoms with Crippen LogP contribution in [0.1, 0.15) is 22.5 Å². The summed E-state index contributed by atoms with van der Waals surface area (Å²) >= 11 is 0. The lowest BCUT2D eigenvalue weighted by Crippen LogP contribution is -2.30. The zero-order valence-corrected chi connectivity index (χ0v) is 10.9. The summed E-state index contributed by atoms with van der Waals surface area (Å²) < 4.78 is 41.4. The van der Waals surface area contributed by atoms with Crippen LogP contribution in [0.25, 0.3) is 0 Å². The van der Waals surface area contributed by atoms with Crippen LogP contribution in [0.5, 0.6) is 0 Å². The molecule has 0 aliphatic carbocycles. The third-order valence-electron chi connectivity index (χ3n) is 2.54. The number of rotatable bonds is 4.